The van der Waals surface area contributed by atoms with Crippen LogP contribution in [0.3, 0.4) is 0 Å². The van der Waals surface area contributed by atoms with E-state index in [4.69, 9.17) is 0 Å². The van der Waals surface area contributed by atoms with Crippen LogP contribution >= 0.6 is 27.3 Å². The monoisotopic (exact) mass is 363 g/mol. The maximum atomic E-state index is 12.6. The van der Waals surface area contributed by atoms with Crippen molar-refractivity contribution in [1.82, 2.24) is 0 Å². The molecule has 0 radical (unpaired) electrons. The summed E-state index contributed by atoms with van der Waals surface area (Å²) in [5.41, 5.74) is 1.24. The Balaban J connectivity index is 2.06. The summed E-state index contributed by atoms with van der Waals surface area (Å²) in [7, 11) is 0. The first-order chi connectivity index (χ1) is 9.36. The van der Waals surface area contributed by atoms with Crippen molar-refractivity contribution in [1.29, 1.82) is 0 Å². The maximum absolute atomic E-state index is 12.6. The number of hydrogen-bond donors (Lipinski definition) is 1. The average Bonchev–Trinajstić information content (AvgIpc) is 2.83. The van der Waals surface area contributed by atoms with Gasteiger partial charge >= 0.3 is 6.18 Å². The van der Waals surface area contributed by atoms with Crippen molar-refractivity contribution < 1.29 is 13.2 Å². The lowest BCUT2D eigenvalue weighted by Gasteiger charge is -2.17. The van der Waals surface area contributed by atoms with E-state index in [0.29, 0.717) is 10.2 Å². The Morgan fingerprint density at radius 2 is 2.05 bits per heavy atom. The van der Waals surface area contributed by atoms with Gasteiger partial charge in [0.25, 0.3) is 0 Å². The van der Waals surface area contributed by atoms with Crippen molar-refractivity contribution in [3.8, 4) is 0 Å². The van der Waals surface area contributed by atoms with Crippen molar-refractivity contribution in [3.63, 3.8) is 0 Å². The van der Waals surface area contributed by atoms with Crippen LogP contribution in [0.15, 0.2) is 39.5 Å². The Morgan fingerprint density at radius 1 is 1.30 bits per heavy atom. The molecule has 0 saturated heterocycles. The van der Waals surface area contributed by atoms with Crippen LogP contribution in [0.1, 0.15) is 18.1 Å². The van der Waals surface area contributed by atoms with Gasteiger partial charge in [0.1, 0.15) is 0 Å². The molecule has 0 aliphatic carbocycles. The van der Waals surface area contributed by atoms with Gasteiger partial charge in [-0.25, -0.2) is 0 Å². The Bertz CT molecular complexity index is 566. The summed E-state index contributed by atoms with van der Waals surface area (Å²) in [5.74, 6) is 0. The van der Waals surface area contributed by atoms with Crippen molar-refractivity contribution >= 4 is 33.0 Å². The molecular weight excluding hydrogens is 351 g/mol. The van der Waals surface area contributed by atoms with Crippen LogP contribution < -0.4 is 5.32 Å². The smallest absolute Gasteiger partial charge is 0.381 e. The highest BCUT2D eigenvalue weighted by Crippen LogP contribution is 2.34. The molecule has 0 aliphatic rings. The van der Waals surface area contributed by atoms with Crippen LogP contribution in [-0.2, 0) is 12.6 Å². The largest absolute Gasteiger partial charge is 0.416 e. The molecule has 2 rings (SSSR count). The van der Waals surface area contributed by atoms with E-state index in [1.54, 1.807) is 11.3 Å². The molecule has 0 saturated carbocycles. The first kappa shape index (κ1) is 15.4. The number of hydrogen-bond acceptors (Lipinski definition) is 2. The van der Waals surface area contributed by atoms with Crippen molar-refractivity contribution in [3.05, 3.63) is 50.6 Å². The highest BCUT2D eigenvalue weighted by Gasteiger charge is 2.30. The SMILES string of the molecule is CC(Cc1ccsc1)Nc1ccc(C(F)(F)F)cc1Br. The molecule has 1 aromatic carbocycles. The highest BCUT2D eigenvalue weighted by molar-refractivity contribution is 9.10. The molecule has 1 unspecified atom stereocenters. The third-order valence-electron chi connectivity index (χ3n) is 2.82. The second-order valence-corrected chi connectivity index (χ2v) is 6.21. The maximum Gasteiger partial charge on any atom is 0.416 e. The molecule has 1 N–H and O–H groups in total. The zero-order valence-electron chi connectivity index (χ0n) is 10.7. The Kier molecular flexibility index (Phi) is 4.75. The van der Waals surface area contributed by atoms with Gasteiger partial charge in [-0.15, -0.1) is 0 Å². The van der Waals surface area contributed by atoms with Crippen LogP contribution in [0.5, 0.6) is 0 Å². The van der Waals surface area contributed by atoms with Gasteiger partial charge in [-0.05, 0) is 69.9 Å². The number of thiophene rings is 1. The normalized spacial score (nSPS) is 13.2. The molecule has 1 nitrogen and oxygen atoms in total. The topological polar surface area (TPSA) is 12.0 Å². The van der Waals surface area contributed by atoms with Gasteiger partial charge in [0.05, 0.1) is 5.56 Å². The highest BCUT2D eigenvalue weighted by atomic mass is 79.9. The lowest BCUT2D eigenvalue weighted by Crippen LogP contribution is -2.18. The molecule has 0 amide bonds. The minimum atomic E-state index is -4.32. The molecule has 0 aliphatic heterocycles. The molecule has 1 atom stereocenters. The first-order valence-electron chi connectivity index (χ1n) is 6.00. The second-order valence-electron chi connectivity index (χ2n) is 4.57. The fourth-order valence-electron chi connectivity index (χ4n) is 1.89. The number of halogens is 4. The molecule has 2 aromatic rings. The van der Waals surface area contributed by atoms with E-state index < -0.39 is 11.7 Å². The van der Waals surface area contributed by atoms with E-state index in [9.17, 15) is 13.2 Å². The van der Waals surface area contributed by atoms with Crippen LogP contribution in [-0.4, -0.2) is 6.04 Å². The summed E-state index contributed by atoms with van der Waals surface area (Å²) in [6.07, 6.45) is -3.49. The molecule has 0 bridgehead atoms. The van der Waals surface area contributed by atoms with Gasteiger partial charge in [0.15, 0.2) is 0 Å². The van der Waals surface area contributed by atoms with E-state index in [1.165, 1.54) is 11.6 Å². The Hall–Kier alpha value is -1.01. The number of nitrogens with one attached hydrogen (secondary N) is 1. The van der Waals surface area contributed by atoms with Crippen LogP contribution in [0.2, 0.25) is 0 Å². The van der Waals surface area contributed by atoms with Gasteiger partial charge in [-0.2, -0.15) is 24.5 Å². The molecule has 0 fully saturated rings. The Labute approximate surface area is 128 Å². The fraction of sp³-hybridized carbons (Fsp3) is 0.286. The molecule has 1 aromatic heterocycles. The van der Waals surface area contributed by atoms with Gasteiger partial charge in [-0.3, -0.25) is 0 Å². The van der Waals surface area contributed by atoms with Crippen molar-refractivity contribution in [2.24, 2.45) is 0 Å². The summed E-state index contributed by atoms with van der Waals surface area (Å²) >= 11 is 4.82. The van der Waals surface area contributed by atoms with Gasteiger partial charge < -0.3 is 5.32 Å². The van der Waals surface area contributed by atoms with Crippen LogP contribution in [0.25, 0.3) is 0 Å². The third kappa shape index (κ3) is 3.99. The van der Waals surface area contributed by atoms with E-state index in [2.05, 4.69) is 26.6 Å². The summed E-state index contributed by atoms with van der Waals surface area (Å²) in [6, 6.07) is 5.82. The zero-order valence-corrected chi connectivity index (χ0v) is 13.1. The first-order valence-corrected chi connectivity index (χ1v) is 7.74. The molecule has 20 heavy (non-hydrogen) atoms. The van der Waals surface area contributed by atoms with E-state index in [1.807, 2.05) is 18.4 Å². The van der Waals surface area contributed by atoms with Gasteiger partial charge in [-0.1, -0.05) is 0 Å². The van der Waals surface area contributed by atoms with Crippen molar-refractivity contribution in [2.45, 2.75) is 25.6 Å². The van der Waals surface area contributed by atoms with Gasteiger partial charge in [0, 0.05) is 16.2 Å². The van der Waals surface area contributed by atoms with Crippen molar-refractivity contribution in [2.75, 3.05) is 5.32 Å². The predicted molar refractivity (Wildman–Crippen MR) is 80.3 cm³/mol. The van der Waals surface area contributed by atoms with Crippen LogP contribution in [0.4, 0.5) is 18.9 Å². The minimum absolute atomic E-state index is 0.137. The molecule has 108 valence electrons. The molecule has 1 heterocycles. The van der Waals surface area contributed by atoms with Crippen LogP contribution in [0, 0.1) is 0 Å². The summed E-state index contributed by atoms with van der Waals surface area (Å²) in [4.78, 5) is 0. The number of rotatable bonds is 4. The lowest BCUT2D eigenvalue weighted by molar-refractivity contribution is -0.137. The molecule has 0 spiro atoms. The zero-order chi connectivity index (χ0) is 14.8. The standard InChI is InChI=1S/C14H13BrF3NS/c1-9(6-10-4-5-20-8-10)19-13-3-2-11(7-12(13)15)14(16,17)18/h2-5,7-9,19H,6H2,1H3. The van der Waals surface area contributed by atoms with E-state index >= 15 is 0 Å². The number of benzene rings is 1. The molecular formula is C14H13BrF3NS. The lowest BCUT2D eigenvalue weighted by atomic mass is 10.1. The second kappa shape index (κ2) is 6.18. The number of anilines is 1. The molecule has 6 heteroatoms. The quantitative estimate of drug-likeness (QED) is 0.748. The summed E-state index contributed by atoms with van der Waals surface area (Å²) in [5, 5.41) is 7.30. The predicted octanol–water partition coefficient (Wildman–Crippen LogP) is 5.57. The summed E-state index contributed by atoms with van der Waals surface area (Å²) < 4.78 is 38.1. The van der Waals surface area contributed by atoms with Gasteiger partial charge in [0.2, 0.25) is 0 Å². The third-order valence-corrected chi connectivity index (χ3v) is 4.21. The Morgan fingerprint density at radius 3 is 2.60 bits per heavy atom. The van der Waals surface area contributed by atoms with E-state index in [0.717, 1.165) is 18.6 Å². The minimum Gasteiger partial charge on any atom is -0.381 e. The summed E-state index contributed by atoms with van der Waals surface area (Å²) in [6.45, 7) is 2.00. The fourth-order valence-corrected chi connectivity index (χ4v) is 3.06. The number of alkyl halides is 3. The van der Waals surface area contributed by atoms with E-state index in [-0.39, 0.29) is 6.04 Å². The average molecular weight is 364 g/mol.